The first-order valence-electron chi connectivity index (χ1n) is 6.23. The molecule has 3 N–H and O–H groups in total. The van der Waals surface area contributed by atoms with E-state index in [1.807, 2.05) is 13.1 Å². The number of nitrogens with two attached hydrogens (primary N) is 1. The first-order chi connectivity index (χ1) is 9.58. The molecule has 0 saturated carbocycles. The van der Waals surface area contributed by atoms with E-state index in [-0.39, 0.29) is 5.91 Å². The summed E-state index contributed by atoms with van der Waals surface area (Å²) in [5.41, 5.74) is 7.94. The Bertz CT molecular complexity index is 618. The zero-order valence-corrected chi connectivity index (χ0v) is 12.0. The summed E-state index contributed by atoms with van der Waals surface area (Å²) in [4.78, 5) is 12.3. The number of amides is 1. The van der Waals surface area contributed by atoms with Gasteiger partial charge in [0.2, 0.25) is 0 Å². The summed E-state index contributed by atoms with van der Waals surface area (Å²) in [6.45, 7) is 0.565. The molecule has 0 fully saturated rings. The third kappa shape index (κ3) is 3.42. The molecule has 1 aromatic heterocycles. The lowest BCUT2D eigenvalue weighted by Crippen LogP contribution is -2.26. The normalized spacial score (nSPS) is 10.2. The van der Waals surface area contributed by atoms with Gasteiger partial charge in [-0.2, -0.15) is 5.10 Å². The Morgan fingerprint density at radius 2 is 1.95 bits per heavy atom. The predicted octanol–water partition coefficient (Wildman–Crippen LogP) is 1.03. The van der Waals surface area contributed by atoms with Crippen LogP contribution in [0.1, 0.15) is 21.6 Å². The van der Waals surface area contributed by atoms with E-state index < -0.39 is 0 Å². The number of carbonyl (C=O) groups excluding carboxylic acids is 1. The Kier molecular flexibility index (Phi) is 4.47. The van der Waals surface area contributed by atoms with Crippen LogP contribution in [0.5, 0.6) is 0 Å². The zero-order chi connectivity index (χ0) is 14.5. The minimum atomic E-state index is -0.110. The maximum atomic E-state index is 11.9. The molecule has 0 aliphatic heterocycles. The summed E-state index contributed by atoms with van der Waals surface area (Å²) in [5, 5.41) is 6.95. The molecule has 2 rings (SSSR count). The van der Waals surface area contributed by atoms with Crippen molar-refractivity contribution in [3.05, 3.63) is 53.3 Å². The van der Waals surface area contributed by atoms with Crippen molar-refractivity contribution < 1.29 is 4.79 Å². The van der Waals surface area contributed by atoms with Crippen molar-refractivity contribution in [1.29, 1.82) is 0 Å². The second-order valence-electron chi connectivity index (χ2n) is 4.39. The second-order valence-corrected chi connectivity index (χ2v) is 4.83. The van der Waals surface area contributed by atoms with E-state index in [1.165, 1.54) is 0 Å². The Morgan fingerprint density at radius 1 is 1.30 bits per heavy atom. The van der Waals surface area contributed by atoms with Crippen LogP contribution in [0.4, 0.5) is 0 Å². The molecule has 2 aromatic rings. The van der Waals surface area contributed by atoms with E-state index in [9.17, 15) is 4.79 Å². The molecule has 20 heavy (non-hydrogen) atoms. The summed E-state index contributed by atoms with van der Waals surface area (Å²) in [7, 11) is 1.88. The summed E-state index contributed by atoms with van der Waals surface area (Å²) in [6, 6.07) is 8.86. The van der Waals surface area contributed by atoms with Gasteiger partial charge in [-0.15, -0.1) is 0 Å². The van der Waals surface area contributed by atoms with Gasteiger partial charge in [-0.3, -0.25) is 9.48 Å². The van der Waals surface area contributed by atoms with Gasteiger partial charge >= 0.3 is 0 Å². The van der Waals surface area contributed by atoms with Crippen molar-refractivity contribution in [3.63, 3.8) is 0 Å². The second kappa shape index (κ2) is 6.29. The van der Waals surface area contributed by atoms with Gasteiger partial charge in [-0.1, -0.05) is 24.4 Å². The molecule has 1 heterocycles. The van der Waals surface area contributed by atoms with Crippen molar-refractivity contribution in [2.24, 2.45) is 12.8 Å². The molecular weight excluding hydrogens is 272 g/mol. The van der Waals surface area contributed by atoms with Crippen LogP contribution in [-0.4, -0.2) is 27.2 Å². The molecule has 0 saturated heterocycles. The lowest BCUT2D eigenvalue weighted by Gasteiger charge is -2.06. The fourth-order valence-corrected chi connectivity index (χ4v) is 1.97. The van der Waals surface area contributed by atoms with Crippen LogP contribution >= 0.6 is 12.2 Å². The van der Waals surface area contributed by atoms with Crippen molar-refractivity contribution >= 4 is 23.1 Å². The van der Waals surface area contributed by atoms with Crippen LogP contribution in [0.3, 0.4) is 0 Å². The fraction of sp³-hybridized carbons (Fsp3) is 0.214. The van der Waals surface area contributed by atoms with E-state index in [4.69, 9.17) is 18.0 Å². The van der Waals surface area contributed by atoms with E-state index in [1.54, 1.807) is 35.1 Å². The molecule has 6 heteroatoms. The maximum Gasteiger partial charge on any atom is 0.251 e. The van der Waals surface area contributed by atoms with Crippen molar-refractivity contribution in [3.8, 4) is 0 Å². The van der Waals surface area contributed by atoms with E-state index >= 15 is 0 Å². The van der Waals surface area contributed by atoms with Gasteiger partial charge in [-0.25, -0.2) is 0 Å². The highest BCUT2D eigenvalue weighted by atomic mass is 32.1. The van der Waals surface area contributed by atoms with Crippen molar-refractivity contribution in [2.45, 2.75) is 6.42 Å². The molecule has 0 aliphatic rings. The quantitative estimate of drug-likeness (QED) is 0.806. The first-order valence-corrected chi connectivity index (χ1v) is 6.63. The molecule has 0 bridgehead atoms. The van der Waals surface area contributed by atoms with Gasteiger partial charge < -0.3 is 11.1 Å². The molecule has 104 valence electrons. The number of hydrogen-bond donors (Lipinski definition) is 2. The molecule has 0 radical (unpaired) electrons. The lowest BCUT2D eigenvalue weighted by molar-refractivity contribution is 0.0954. The number of rotatable bonds is 5. The van der Waals surface area contributed by atoms with Crippen LogP contribution in [-0.2, 0) is 13.5 Å². The molecular formula is C14H16N4OS. The van der Waals surface area contributed by atoms with E-state index in [0.717, 1.165) is 17.7 Å². The standard InChI is InChI=1S/C14H16N4OS/c1-18-12(7-9-17-18)6-8-16-14(19)11-4-2-10(3-5-11)13(15)20/h2-5,7,9H,6,8H2,1H3,(H2,15,20)(H,16,19). The molecule has 0 spiro atoms. The molecule has 1 aromatic carbocycles. The van der Waals surface area contributed by atoms with E-state index in [0.29, 0.717) is 17.1 Å². The number of aromatic nitrogens is 2. The highest BCUT2D eigenvalue weighted by Crippen LogP contribution is 2.04. The summed E-state index contributed by atoms with van der Waals surface area (Å²) in [6.07, 6.45) is 2.48. The highest BCUT2D eigenvalue weighted by Gasteiger charge is 2.06. The minimum Gasteiger partial charge on any atom is -0.389 e. The first kappa shape index (κ1) is 14.2. The molecule has 0 atom stereocenters. The largest absolute Gasteiger partial charge is 0.389 e. The Morgan fingerprint density at radius 3 is 2.50 bits per heavy atom. The minimum absolute atomic E-state index is 0.110. The topological polar surface area (TPSA) is 72.9 Å². The molecule has 0 aliphatic carbocycles. The van der Waals surface area contributed by atoms with Crippen LogP contribution in [0.15, 0.2) is 36.5 Å². The Hall–Kier alpha value is -2.21. The number of thiocarbonyl (C=S) groups is 1. The number of benzene rings is 1. The lowest BCUT2D eigenvalue weighted by atomic mass is 10.1. The SMILES string of the molecule is Cn1nccc1CCNC(=O)c1ccc(C(N)=S)cc1. The van der Waals surface area contributed by atoms with Crippen LogP contribution < -0.4 is 11.1 Å². The number of nitrogens with one attached hydrogen (secondary N) is 1. The summed E-state index contributed by atoms with van der Waals surface area (Å²) >= 11 is 4.87. The summed E-state index contributed by atoms with van der Waals surface area (Å²) in [5.74, 6) is -0.110. The van der Waals surface area contributed by atoms with Gasteiger partial charge in [0.05, 0.1) is 0 Å². The predicted molar refractivity (Wildman–Crippen MR) is 81.6 cm³/mol. The van der Waals surface area contributed by atoms with Gasteiger partial charge in [-0.05, 0) is 18.2 Å². The van der Waals surface area contributed by atoms with Gasteiger partial charge in [0.1, 0.15) is 4.99 Å². The third-order valence-electron chi connectivity index (χ3n) is 3.02. The highest BCUT2D eigenvalue weighted by molar-refractivity contribution is 7.80. The fourth-order valence-electron chi connectivity index (χ4n) is 1.84. The van der Waals surface area contributed by atoms with Gasteiger partial charge in [0.15, 0.2) is 0 Å². The average molecular weight is 288 g/mol. The van der Waals surface area contributed by atoms with Gasteiger partial charge in [0.25, 0.3) is 5.91 Å². The van der Waals surface area contributed by atoms with Crippen molar-refractivity contribution in [2.75, 3.05) is 6.54 Å². The number of carbonyl (C=O) groups is 1. The Balaban J connectivity index is 1.88. The monoisotopic (exact) mass is 288 g/mol. The van der Waals surface area contributed by atoms with Crippen LogP contribution in [0, 0.1) is 0 Å². The Labute approximate surface area is 122 Å². The van der Waals surface area contributed by atoms with Crippen LogP contribution in [0.2, 0.25) is 0 Å². The molecule has 1 amide bonds. The average Bonchev–Trinajstić information content (AvgIpc) is 2.84. The smallest absolute Gasteiger partial charge is 0.251 e. The van der Waals surface area contributed by atoms with Crippen molar-refractivity contribution in [1.82, 2.24) is 15.1 Å². The maximum absolute atomic E-state index is 11.9. The summed E-state index contributed by atoms with van der Waals surface area (Å²) < 4.78 is 1.79. The zero-order valence-electron chi connectivity index (χ0n) is 11.2. The number of aryl methyl sites for hydroxylation is 1. The number of nitrogens with zero attached hydrogens (tertiary/aromatic N) is 2. The number of hydrogen-bond acceptors (Lipinski definition) is 3. The third-order valence-corrected chi connectivity index (χ3v) is 3.26. The van der Waals surface area contributed by atoms with E-state index in [2.05, 4.69) is 10.4 Å². The van der Waals surface area contributed by atoms with Gasteiger partial charge in [0, 0.05) is 43.0 Å². The molecule has 5 nitrogen and oxygen atoms in total. The molecule has 0 unspecified atom stereocenters. The van der Waals surface area contributed by atoms with Crippen LogP contribution in [0.25, 0.3) is 0 Å².